The standard InChI is InChI=1S/C27H31ClN6O4/c1-5-34(6-2)26(35)19-8-7-17(28)11-21(19)31-14-18-12-20-15(9-16-13-32-27(30)33-25(16)29)10-22(36-3)24(37-4)23(20)38-18/h7-8,10-13,31H,5-6,9,14H2,1-4H3,(H4,29,30,32,33). The summed E-state index contributed by atoms with van der Waals surface area (Å²) < 4.78 is 17.4. The summed E-state index contributed by atoms with van der Waals surface area (Å²) in [5.41, 5.74) is 15.0. The molecule has 0 spiro atoms. The number of anilines is 3. The molecule has 0 aliphatic carbocycles. The topological polar surface area (TPSA) is 142 Å². The second kappa shape index (κ2) is 11.5. The zero-order valence-electron chi connectivity index (χ0n) is 21.8. The van der Waals surface area contributed by atoms with Gasteiger partial charge in [0.25, 0.3) is 5.91 Å². The van der Waals surface area contributed by atoms with Crippen LogP contribution in [0.5, 0.6) is 11.5 Å². The van der Waals surface area contributed by atoms with Crippen LogP contribution in [-0.2, 0) is 13.0 Å². The second-order valence-electron chi connectivity index (χ2n) is 8.56. The molecule has 4 rings (SSSR count). The quantitative estimate of drug-likeness (QED) is 0.261. The molecule has 1 amide bonds. The molecule has 0 saturated carbocycles. The van der Waals surface area contributed by atoms with Crippen molar-refractivity contribution in [2.45, 2.75) is 26.8 Å². The summed E-state index contributed by atoms with van der Waals surface area (Å²) in [7, 11) is 3.12. The molecule has 0 aliphatic rings. The highest BCUT2D eigenvalue weighted by molar-refractivity contribution is 6.31. The number of carbonyl (C=O) groups excluding carboxylic acids is 1. The number of nitrogens with zero attached hydrogens (tertiary/aromatic N) is 3. The fraction of sp³-hybridized carbons (Fsp3) is 0.296. The lowest BCUT2D eigenvalue weighted by Gasteiger charge is -2.21. The lowest BCUT2D eigenvalue weighted by atomic mass is 10.0. The number of hydrogen-bond acceptors (Lipinski definition) is 9. The van der Waals surface area contributed by atoms with E-state index in [0.717, 1.165) is 10.9 Å². The van der Waals surface area contributed by atoms with E-state index in [4.69, 9.17) is 37.0 Å². The molecule has 0 aliphatic heterocycles. The normalized spacial score (nSPS) is 11.0. The van der Waals surface area contributed by atoms with Crippen molar-refractivity contribution in [3.8, 4) is 11.5 Å². The molecule has 4 aromatic rings. The van der Waals surface area contributed by atoms with E-state index in [-0.39, 0.29) is 11.9 Å². The van der Waals surface area contributed by atoms with Crippen molar-refractivity contribution >= 4 is 45.9 Å². The monoisotopic (exact) mass is 538 g/mol. The van der Waals surface area contributed by atoms with Gasteiger partial charge in [0.05, 0.1) is 26.3 Å². The van der Waals surface area contributed by atoms with Crippen molar-refractivity contribution in [3.63, 3.8) is 0 Å². The number of benzene rings is 2. The highest BCUT2D eigenvalue weighted by Crippen LogP contribution is 2.40. The number of hydrogen-bond donors (Lipinski definition) is 3. The third-order valence-electron chi connectivity index (χ3n) is 6.30. The SMILES string of the molecule is CCN(CC)C(=O)c1ccc(Cl)cc1NCc1cc2c(Cc3cnc(N)nc3N)cc(OC)c(OC)c2o1. The van der Waals surface area contributed by atoms with Crippen LogP contribution in [0.15, 0.2) is 40.9 Å². The smallest absolute Gasteiger partial charge is 0.255 e. The molecule has 0 bridgehead atoms. The first-order valence-corrected chi connectivity index (χ1v) is 12.5. The predicted octanol–water partition coefficient (Wildman–Crippen LogP) is 4.74. The summed E-state index contributed by atoms with van der Waals surface area (Å²) in [4.78, 5) is 23.0. The Kier molecular flexibility index (Phi) is 8.11. The molecule has 38 heavy (non-hydrogen) atoms. The highest BCUT2D eigenvalue weighted by Gasteiger charge is 2.21. The summed E-state index contributed by atoms with van der Waals surface area (Å²) in [6.45, 7) is 5.40. The molecule has 2 heterocycles. The van der Waals surface area contributed by atoms with Crippen molar-refractivity contribution < 1.29 is 18.7 Å². The Bertz CT molecular complexity index is 1470. The summed E-state index contributed by atoms with van der Waals surface area (Å²) in [6, 6.07) is 8.97. The molecule has 0 unspecified atom stereocenters. The van der Waals surface area contributed by atoms with Gasteiger partial charge in [0.15, 0.2) is 11.3 Å². The average molecular weight is 539 g/mol. The Morgan fingerprint density at radius 1 is 1.11 bits per heavy atom. The Labute approximate surface area is 225 Å². The number of nitrogens with one attached hydrogen (secondary N) is 1. The molecule has 200 valence electrons. The minimum absolute atomic E-state index is 0.0734. The van der Waals surface area contributed by atoms with Crippen LogP contribution in [0.4, 0.5) is 17.5 Å². The molecule has 0 fully saturated rings. The van der Waals surface area contributed by atoms with Crippen molar-refractivity contribution in [2.24, 2.45) is 0 Å². The summed E-state index contributed by atoms with van der Waals surface area (Å²) in [5, 5.41) is 4.65. The van der Waals surface area contributed by atoms with Crippen molar-refractivity contribution in [1.29, 1.82) is 0 Å². The Morgan fingerprint density at radius 2 is 1.87 bits per heavy atom. The number of methoxy groups -OCH3 is 2. The number of carbonyl (C=O) groups is 1. The van der Waals surface area contributed by atoms with Crippen LogP contribution >= 0.6 is 11.6 Å². The summed E-state index contributed by atoms with van der Waals surface area (Å²) in [5.74, 6) is 1.95. The first kappa shape index (κ1) is 26.9. The largest absolute Gasteiger partial charge is 0.493 e. The van der Waals surface area contributed by atoms with E-state index in [1.807, 2.05) is 26.0 Å². The van der Waals surface area contributed by atoms with Gasteiger partial charge in [-0.1, -0.05) is 11.6 Å². The number of furan rings is 1. The van der Waals surface area contributed by atoms with Crippen molar-refractivity contribution in [3.05, 3.63) is 64.0 Å². The van der Waals surface area contributed by atoms with E-state index in [1.54, 1.807) is 43.5 Å². The van der Waals surface area contributed by atoms with Gasteiger partial charge in [0, 0.05) is 47.4 Å². The predicted molar refractivity (Wildman–Crippen MR) is 149 cm³/mol. The van der Waals surface area contributed by atoms with Crippen LogP contribution in [-0.4, -0.2) is 48.1 Å². The van der Waals surface area contributed by atoms with Gasteiger partial charge in [0.1, 0.15) is 11.6 Å². The fourth-order valence-corrected chi connectivity index (χ4v) is 4.50. The lowest BCUT2D eigenvalue weighted by molar-refractivity contribution is 0.0774. The average Bonchev–Trinajstić information content (AvgIpc) is 3.33. The van der Waals surface area contributed by atoms with Gasteiger partial charge >= 0.3 is 0 Å². The van der Waals surface area contributed by atoms with E-state index < -0.39 is 0 Å². The van der Waals surface area contributed by atoms with Gasteiger partial charge < -0.3 is 35.6 Å². The van der Waals surface area contributed by atoms with Crippen LogP contribution in [0.1, 0.15) is 41.1 Å². The summed E-state index contributed by atoms with van der Waals surface area (Å²) in [6.07, 6.45) is 2.03. The number of nitrogens with two attached hydrogens (primary N) is 2. The Balaban J connectivity index is 1.71. The number of halogens is 1. The number of nitrogen functional groups attached to an aromatic ring is 2. The molecule has 0 saturated heterocycles. The van der Waals surface area contributed by atoms with Crippen LogP contribution in [0.2, 0.25) is 5.02 Å². The number of ether oxygens (including phenoxy) is 2. The molecule has 0 atom stereocenters. The first-order valence-electron chi connectivity index (χ1n) is 12.1. The van der Waals surface area contributed by atoms with Gasteiger partial charge in [-0.25, -0.2) is 4.98 Å². The maximum absolute atomic E-state index is 13.1. The molecule has 5 N–H and O–H groups in total. The van der Waals surface area contributed by atoms with Crippen molar-refractivity contribution in [1.82, 2.24) is 14.9 Å². The van der Waals surface area contributed by atoms with Crippen molar-refractivity contribution in [2.75, 3.05) is 44.1 Å². The van der Waals surface area contributed by atoms with Gasteiger partial charge in [-0.15, -0.1) is 0 Å². The molecule has 2 aromatic carbocycles. The van der Waals surface area contributed by atoms with Gasteiger partial charge in [0.2, 0.25) is 11.7 Å². The zero-order valence-corrected chi connectivity index (χ0v) is 22.6. The van der Waals surface area contributed by atoms with Crippen LogP contribution in [0.25, 0.3) is 11.0 Å². The zero-order chi connectivity index (χ0) is 27.4. The molecule has 10 nitrogen and oxygen atoms in total. The molecule has 2 aromatic heterocycles. The summed E-state index contributed by atoms with van der Waals surface area (Å²) >= 11 is 6.26. The van der Waals surface area contributed by atoms with Crippen LogP contribution < -0.4 is 26.3 Å². The highest BCUT2D eigenvalue weighted by atomic mass is 35.5. The number of aromatic nitrogens is 2. The van der Waals surface area contributed by atoms with E-state index in [2.05, 4.69) is 15.3 Å². The second-order valence-corrected chi connectivity index (χ2v) is 9.00. The lowest BCUT2D eigenvalue weighted by Crippen LogP contribution is -2.31. The Hall–Kier alpha value is -4.18. The third kappa shape index (κ3) is 5.40. The van der Waals surface area contributed by atoms with E-state index in [1.165, 1.54) is 0 Å². The number of amides is 1. The fourth-order valence-electron chi connectivity index (χ4n) is 4.33. The number of rotatable bonds is 10. The first-order chi connectivity index (χ1) is 18.3. The molecule has 11 heteroatoms. The maximum Gasteiger partial charge on any atom is 0.255 e. The van der Waals surface area contributed by atoms with E-state index in [0.29, 0.717) is 76.6 Å². The minimum atomic E-state index is -0.0734. The molecule has 0 radical (unpaired) electrons. The van der Waals surface area contributed by atoms with Gasteiger partial charge in [-0.3, -0.25) is 4.79 Å². The Morgan fingerprint density at radius 3 is 2.53 bits per heavy atom. The minimum Gasteiger partial charge on any atom is -0.493 e. The number of fused-ring (bicyclic) bond motifs is 1. The van der Waals surface area contributed by atoms with Crippen LogP contribution in [0.3, 0.4) is 0 Å². The molecular formula is C27H31ClN6O4. The van der Waals surface area contributed by atoms with E-state index >= 15 is 0 Å². The van der Waals surface area contributed by atoms with Crippen LogP contribution in [0, 0.1) is 0 Å². The third-order valence-corrected chi connectivity index (χ3v) is 6.54. The van der Waals surface area contributed by atoms with Gasteiger partial charge in [-0.05, 0) is 49.7 Å². The molecular weight excluding hydrogens is 508 g/mol. The van der Waals surface area contributed by atoms with E-state index in [9.17, 15) is 4.79 Å². The van der Waals surface area contributed by atoms with Gasteiger partial charge in [-0.2, -0.15) is 4.98 Å². The maximum atomic E-state index is 13.1.